The maximum absolute atomic E-state index is 13.8. The number of amides is 2. The summed E-state index contributed by atoms with van der Waals surface area (Å²) in [4.78, 5) is 28.5. The SMILES string of the molecule is CC[C@H](C(=O)NCC(C)C)N(CCc1ccccc1)C(=O)CN(c1cccc2ccccc12)S(C)(=O)=O. The summed E-state index contributed by atoms with van der Waals surface area (Å²) in [6, 6.07) is 21.9. The molecule has 0 saturated carbocycles. The number of rotatable bonds is 12. The average Bonchev–Trinajstić information content (AvgIpc) is 2.87. The highest BCUT2D eigenvalue weighted by Gasteiger charge is 2.31. The summed E-state index contributed by atoms with van der Waals surface area (Å²) in [7, 11) is -3.79. The zero-order chi connectivity index (χ0) is 27.0. The van der Waals surface area contributed by atoms with Gasteiger partial charge in [0.15, 0.2) is 0 Å². The summed E-state index contributed by atoms with van der Waals surface area (Å²) in [6.07, 6.45) is 2.06. The van der Waals surface area contributed by atoms with Gasteiger partial charge in [-0.3, -0.25) is 13.9 Å². The van der Waals surface area contributed by atoms with Crippen molar-refractivity contribution in [2.24, 2.45) is 5.92 Å². The summed E-state index contributed by atoms with van der Waals surface area (Å²) < 4.78 is 27.0. The molecule has 0 aromatic heterocycles. The van der Waals surface area contributed by atoms with Crippen molar-refractivity contribution in [1.82, 2.24) is 10.2 Å². The van der Waals surface area contributed by atoms with Gasteiger partial charge in [0.25, 0.3) is 0 Å². The van der Waals surface area contributed by atoms with E-state index in [1.54, 1.807) is 12.1 Å². The molecule has 0 heterocycles. The molecule has 1 N–H and O–H groups in total. The van der Waals surface area contributed by atoms with Gasteiger partial charge in [0.05, 0.1) is 11.9 Å². The molecule has 2 amide bonds. The second-order valence-corrected chi connectivity index (χ2v) is 11.6. The third kappa shape index (κ3) is 7.55. The Morgan fingerprint density at radius 2 is 1.57 bits per heavy atom. The molecule has 0 unspecified atom stereocenters. The van der Waals surface area contributed by atoms with Crippen molar-refractivity contribution in [2.75, 3.05) is 30.2 Å². The maximum Gasteiger partial charge on any atom is 0.244 e. The highest BCUT2D eigenvalue weighted by atomic mass is 32.2. The molecule has 0 aliphatic carbocycles. The van der Waals surface area contributed by atoms with Gasteiger partial charge in [-0.1, -0.05) is 87.5 Å². The van der Waals surface area contributed by atoms with Crippen molar-refractivity contribution in [2.45, 2.75) is 39.7 Å². The van der Waals surface area contributed by atoms with Crippen LogP contribution < -0.4 is 9.62 Å². The van der Waals surface area contributed by atoms with Crippen LogP contribution in [0.15, 0.2) is 72.8 Å². The first-order valence-electron chi connectivity index (χ1n) is 12.7. The Labute approximate surface area is 220 Å². The molecule has 0 spiro atoms. The number of carbonyl (C=O) groups is 2. The number of sulfonamides is 1. The van der Waals surface area contributed by atoms with E-state index in [2.05, 4.69) is 5.32 Å². The van der Waals surface area contributed by atoms with E-state index >= 15 is 0 Å². The van der Waals surface area contributed by atoms with E-state index in [9.17, 15) is 18.0 Å². The van der Waals surface area contributed by atoms with Crippen LogP contribution in [0.5, 0.6) is 0 Å². The molecule has 3 aromatic carbocycles. The van der Waals surface area contributed by atoms with Gasteiger partial charge in [-0.05, 0) is 35.8 Å². The first-order valence-corrected chi connectivity index (χ1v) is 14.5. The van der Waals surface area contributed by atoms with Gasteiger partial charge in [-0.15, -0.1) is 0 Å². The van der Waals surface area contributed by atoms with E-state index in [1.807, 2.05) is 81.4 Å². The Morgan fingerprint density at radius 1 is 0.919 bits per heavy atom. The number of benzene rings is 3. The monoisotopic (exact) mass is 523 g/mol. The average molecular weight is 524 g/mol. The molecule has 8 heteroatoms. The molecule has 7 nitrogen and oxygen atoms in total. The van der Waals surface area contributed by atoms with Crippen LogP contribution in [0.2, 0.25) is 0 Å². The second kappa shape index (κ2) is 12.7. The van der Waals surface area contributed by atoms with Gasteiger partial charge in [-0.2, -0.15) is 0 Å². The van der Waals surface area contributed by atoms with Gasteiger partial charge in [0, 0.05) is 18.5 Å². The predicted molar refractivity (Wildman–Crippen MR) is 150 cm³/mol. The smallest absolute Gasteiger partial charge is 0.244 e. The molecular formula is C29H37N3O4S. The molecule has 0 saturated heterocycles. The van der Waals surface area contributed by atoms with Crippen LogP contribution in [0.4, 0.5) is 5.69 Å². The lowest BCUT2D eigenvalue weighted by Crippen LogP contribution is -2.53. The minimum Gasteiger partial charge on any atom is -0.354 e. The quantitative estimate of drug-likeness (QED) is 0.385. The van der Waals surface area contributed by atoms with E-state index in [0.717, 1.165) is 26.9 Å². The van der Waals surface area contributed by atoms with E-state index in [-0.39, 0.29) is 11.8 Å². The molecule has 0 aliphatic rings. The molecule has 3 rings (SSSR count). The summed E-state index contributed by atoms with van der Waals surface area (Å²) in [5.41, 5.74) is 1.47. The van der Waals surface area contributed by atoms with Gasteiger partial charge in [0.1, 0.15) is 12.6 Å². The number of fused-ring (bicyclic) bond motifs is 1. The van der Waals surface area contributed by atoms with Crippen molar-refractivity contribution >= 4 is 38.3 Å². The van der Waals surface area contributed by atoms with Crippen LogP contribution in [0.3, 0.4) is 0 Å². The number of hydrogen-bond donors (Lipinski definition) is 1. The molecule has 3 aromatic rings. The number of hydrogen-bond acceptors (Lipinski definition) is 4. The molecule has 37 heavy (non-hydrogen) atoms. The normalized spacial score (nSPS) is 12.4. The molecule has 0 fully saturated rings. The van der Waals surface area contributed by atoms with E-state index < -0.39 is 28.5 Å². The number of nitrogens with one attached hydrogen (secondary N) is 1. The van der Waals surface area contributed by atoms with Crippen molar-refractivity contribution in [3.8, 4) is 0 Å². The first-order chi connectivity index (χ1) is 17.6. The van der Waals surface area contributed by atoms with Crippen molar-refractivity contribution in [3.63, 3.8) is 0 Å². The molecule has 0 radical (unpaired) electrons. The number of carbonyl (C=O) groups excluding carboxylic acids is 2. The van der Waals surface area contributed by atoms with Gasteiger partial charge < -0.3 is 10.2 Å². The fourth-order valence-electron chi connectivity index (χ4n) is 4.34. The lowest BCUT2D eigenvalue weighted by Gasteiger charge is -2.33. The summed E-state index contributed by atoms with van der Waals surface area (Å²) in [6.45, 7) is 6.28. The van der Waals surface area contributed by atoms with E-state index in [4.69, 9.17) is 0 Å². The lowest BCUT2D eigenvalue weighted by atomic mass is 10.1. The maximum atomic E-state index is 13.8. The molecule has 198 valence electrons. The van der Waals surface area contributed by atoms with Crippen molar-refractivity contribution in [1.29, 1.82) is 0 Å². The van der Waals surface area contributed by atoms with Crippen LogP contribution >= 0.6 is 0 Å². The topological polar surface area (TPSA) is 86.8 Å². The van der Waals surface area contributed by atoms with Crippen LogP contribution in [-0.4, -0.2) is 57.1 Å². The standard InChI is InChI=1S/C29H37N3O4S/c1-5-26(29(34)30-20-22(2)3)31(19-18-23-12-7-6-8-13-23)28(33)21-32(37(4,35)36)27-17-11-15-24-14-9-10-16-25(24)27/h6-17,22,26H,5,18-21H2,1-4H3,(H,30,34)/t26-/m1/s1. The minimum atomic E-state index is -3.79. The lowest BCUT2D eigenvalue weighted by molar-refractivity contribution is -0.139. The Kier molecular flexibility index (Phi) is 9.69. The van der Waals surface area contributed by atoms with Gasteiger partial charge >= 0.3 is 0 Å². The Bertz CT molecular complexity index is 1300. The summed E-state index contributed by atoms with van der Waals surface area (Å²) in [5.74, 6) is -0.378. The summed E-state index contributed by atoms with van der Waals surface area (Å²) >= 11 is 0. The highest BCUT2D eigenvalue weighted by molar-refractivity contribution is 7.92. The fraction of sp³-hybridized carbons (Fsp3) is 0.379. The van der Waals surface area contributed by atoms with Gasteiger partial charge in [0.2, 0.25) is 21.8 Å². The Balaban J connectivity index is 1.95. The zero-order valence-electron chi connectivity index (χ0n) is 22.1. The van der Waals surface area contributed by atoms with Gasteiger partial charge in [-0.25, -0.2) is 8.42 Å². The Morgan fingerprint density at radius 3 is 2.22 bits per heavy atom. The fourth-order valence-corrected chi connectivity index (χ4v) is 5.20. The largest absolute Gasteiger partial charge is 0.354 e. The highest BCUT2D eigenvalue weighted by Crippen LogP contribution is 2.28. The van der Waals surface area contributed by atoms with E-state index in [1.165, 1.54) is 4.90 Å². The molecule has 1 atom stereocenters. The molecule has 0 bridgehead atoms. The number of nitrogens with zero attached hydrogens (tertiary/aromatic N) is 2. The second-order valence-electron chi connectivity index (χ2n) is 9.65. The van der Waals surface area contributed by atoms with Crippen LogP contribution in [-0.2, 0) is 26.0 Å². The third-order valence-corrected chi connectivity index (χ3v) is 7.40. The molecule has 0 aliphatic heterocycles. The third-order valence-electron chi connectivity index (χ3n) is 6.27. The molecular weight excluding hydrogens is 486 g/mol. The first kappa shape index (κ1) is 28.2. The van der Waals surface area contributed by atoms with E-state index in [0.29, 0.717) is 31.6 Å². The van der Waals surface area contributed by atoms with Crippen molar-refractivity contribution in [3.05, 3.63) is 78.4 Å². The van der Waals surface area contributed by atoms with Crippen LogP contribution in [0.25, 0.3) is 10.8 Å². The number of anilines is 1. The van der Waals surface area contributed by atoms with Crippen molar-refractivity contribution < 1.29 is 18.0 Å². The Hall–Kier alpha value is -3.39. The van der Waals surface area contributed by atoms with Crippen LogP contribution in [0.1, 0.15) is 32.8 Å². The summed E-state index contributed by atoms with van der Waals surface area (Å²) in [5, 5.41) is 4.55. The minimum absolute atomic E-state index is 0.228. The zero-order valence-corrected chi connectivity index (χ0v) is 22.9. The predicted octanol–water partition coefficient (Wildman–Crippen LogP) is 4.23. The van der Waals surface area contributed by atoms with Crippen LogP contribution in [0, 0.1) is 5.92 Å².